The number of nitrogens with zero attached hydrogens (tertiary/aromatic N) is 6. The molecule has 1 atom stereocenters. The highest BCUT2D eigenvalue weighted by Gasteiger charge is 2.33. The zero-order valence-corrected chi connectivity index (χ0v) is 15.1. The summed E-state index contributed by atoms with van der Waals surface area (Å²) in [6.45, 7) is 6.39. The van der Waals surface area contributed by atoms with Gasteiger partial charge in [-0.15, -0.1) is 10.2 Å². The minimum atomic E-state index is 0.0798. The number of aromatic nitrogens is 5. The summed E-state index contributed by atoms with van der Waals surface area (Å²) in [5.74, 6) is 2.51. The normalized spacial score (nSPS) is 19.2. The van der Waals surface area contributed by atoms with Crippen LogP contribution in [0.4, 0.5) is 5.95 Å². The van der Waals surface area contributed by atoms with E-state index in [0.717, 1.165) is 42.9 Å². The summed E-state index contributed by atoms with van der Waals surface area (Å²) in [6.07, 6.45) is 6.83. The minimum Gasteiger partial charge on any atom is -0.341 e. The Balaban J connectivity index is 1.53. The Morgan fingerprint density at radius 2 is 2.04 bits per heavy atom. The number of rotatable bonds is 7. The van der Waals surface area contributed by atoms with Crippen LogP contribution in [0.3, 0.4) is 0 Å². The lowest BCUT2D eigenvalue weighted by atomic mass is 10.3. The lowest BCUT2D eigenvalue weighted by molar-refractivity contribution is 0.374. The topological polar surface area (TPSA) is 72.9 Å². The Hall–Kier alpha value is -1.57. The zero-order valence-electron chi connectivity index (χ0n) is 14.3. The summed E-state index contributed by atoms with van der Waals surface area (Å²) < 4.78 is 7.75. The first-order valence-corrected chi connectivity index (χ1v) is 9.83. The van der Waals surface area contributed by atoms with Crippen molar-refractivity contribution in [2.45, 2.75) is 68.8 Å². The largest absolute Gasteiger partial charge is 0.341 e. The van der Waals surface area contributed by atoms with Crippen molar-refractivity contribution in [1.82, 2.24) is 24.9 Å². The molecule has 1 saturated carbocycles. The van der Waals surface area contributed by atoms with Crippen molar-refractivity contribution in [2.75, 3.05) is 18.0 Å². The molecule has 130 valence electrons. The molecule has 1 aliphatic carbocycles. The number of aryl methyl sites for hydroxylation is 1. The van der Waals surface area contributed by atoms with Gasteiger partial charge in [0.1, 0.15) is 0 Å². The van der Waals surface area contributed by atoms with E-state index >= 15 is 0 Å². The molecule has 0 bridgehead atoms. The van der Waals surface area contributed by atoms with E-state index in [1.807, 2.05) is 0 Å². The molecule has 0 amide bonds. The van der Waals surface area contributed by atoms with Crippen LogP contribution in [0.1, 0.15) is 69.0 Å². The standard InChI is InChI=1S/C16H24N6OS/c1-3-6-13-17-14(23-20-13)11(2)24-16-19-18-15(21-9-4-5-10-21)22(16)12-7-8-12/h11-12H,3-10H2,1-2H3. The van der Waals surface area contributed by atoms with Crippen molar-refractivity contribution in [2.24, 2.45) is 0 Å². The van der Waals surface area contributed by atoms with Crippen molar-refractivity contribution >= 4 is 17.7 Å². The molecule has 2 aromatic rings. The van der Waals surface area contributed by atoms with E-state index in [4.69, 9.17) is 4.52 Å². The molecule has 7 nitrogen and oxygen atoms in total. The van der Waals surface area contributed by atoms with Crippen LogP contribution in [0, 0.1) is 0 Å². The molecule has 1 aliphatic heterocycles. The molecule has 1 saturated heterocycles. The van der Waals surface area contributed by atoms with Crippen molar-refractivity contribution in [3.8, 4) is 0 Å². The lowest BCUT2D eigenvalue weighted by Gasteiger charge is -2.18. The van der Waals surface area contributed by atoms with Gasteiger partial charge < -0.3 is 9.42 Å². The van der Waals surface area contributed by atoms with Crippen molar-refractivity contribution < 1.29 is 4.52 Å². The third kappa shape index (κ3) is 3.16. The van der Waals surface area contributed by atoms with Gasteiger partial charge >= 0.3 is 0 Å². The minimum absolute atomic E-state index is 0.0798. The smallest absolute Gasteiger partial charge is 0.239 e. The molecule has 0 radical (unpaired) electrons. The van der Waals surface area contributed by atoms with Gasteiger partial charge in [0.15, 0.2) is 11.0 Å². The van der Waals surface area contributed by atoms with Gasteiger partial charge in [0.2, 0.25) is 11.8 Å². The quantitative estimate of drug-likeness (QED) is 0.710. The van der Waals surface area contributed by atoms with Crippen LogP contribution in [-0.2, 0) is 6.42 Å². The molecule has 1 unspecified atom stereocenters. The van der Waals surface area contributed by atoms with Gasteiger partial charge in [0, 0.05) is 25.6 Å². The van der Waals surface area contributed by atoms with Crippen LogP contribution in [-0.4, -0.2) is 38.0 Å². The molecule has 2 aliphatic rings. The Morgan fingerprint density at radius 3 is 2.75 bits per heavy atom. The van der Waals surface area contributed by atoms with Crippen molar-refractivity contribution in [1.29, 1.82) is 0 Å². The average molecular weight is 348 g/mol. The molecule has 0 aromatic carbocycles. The summed E-state index contributed by atoms with van der Waals surface area (Å²) in [6, 6.07) is 0.559. The van der Waals surface area contributed by atoms with Crippen LogP contribution < -0.4 is 4.90 Å². The molecule has 2 fully saturated rings. The number of hydrogen-bond donors (Lipinski definition) is 0. The first-order valence-electron chi connectivity index (χ1n) is 8.95. The second-order valence-electron chi connectivity index (χ2n) is 6.64. The zero-order chi connectivity index (χ0) is 16.5. The van der Waals surface area contributed by atoms with E-state index < -0.39 is 0 Å². The SMILES string of the molecule is CCCc1noc(C(C)Sc2nnc(N3CCCC3)n2C2CC2)n1. The Kier molecular flexibility index (Phi) is 4.47. The molecular weight excluding hydrogens is 324 g/mol. The molecule has 3 heterocycles. The fraction of sp³-hybridized carbons (Fsp3) is 0.750. The van der Waals surface area contributed by atoms with Crippen LogP contribution in [0.15, 0.2) is 9.68 Å². The van der Waals surface area contributed by atoms with Gasteiger partial charge in [0.25, 0.3) is 0 Å². The maximum atomic E-state index is 5.42. The maximum Gasteiger partial charge on any atom is 0.239 e. The highest BCUT2D eigenvalue weighted by molar-refractivity contribution is 7.99. The number of thioether (sulfide) groups is 1. The molecule has 4 rings (SSSR count). The first kappa shape index (κ1) is 15.9. The first-order chi connectivity index (χ1) is 11.8. The molecular formula is C16H24N6OS. The van der Waals surface area contributed by atoms with Crippen LogP contribution in [0.5, 0.6) is 0 Å². The van der Waals surface area contributed by atoms with E-state index in [9.17, 15) is 0 Å². The van der Waals surface area contributed by atoms with Gasteiger partial charge in [-0.25, -0.2) is 0 Å². The number of anilines is 1. The molecule has 0 N–H and O–H groups in total. The van der Waals surface area contributed by atoms with Gasteiger partial charge in [-0.1, -0.05) is 23.8 Å². The molecule has 8 heteroatoms. The predicted molar refractivity (Wildman–Crippen MR) is 92.3 cm³/mol. The Labute approximate surface area is 146 Å². The Morgan fingerprint density at radius 1 is 1.25 bits per heavy atom. The van der Waals surface area contributed by atoms with Crippen molar-refractivity contribution in [3.05, 3.63) is 11.7 Å². The van der Waals surface area contributed by atoms with E-state index in [0.29, 0.717) is 11.9 Å². The fourth-order valence-corrected chi connectivity index (χ4v) is 4.05. The van der Waals surface area contributed by atoms with Crippen LogP contribution in [0.2, 0.25) is 0 Å². The van der Waals surface area contributed by atoms with Gasteiger partial charge in [0.05, 0.1) is 5.25 Å². The maximum absolute atomic E-state index is 5.42. The van der Waals surface area contributed by atoms with E-state index in [1.54, 1.807) is 11.8 Å². The highest BCUT2D eigenvalue weighted by Crippen LogP contribution is 2.44. The summed E-state index contributed by atoms with van der Waals surface area (Å²) >= 11 is 1.67. The lowest BCUT2D eigenvalue weighted by Crippen LogP contribution is -2.22. The average Bonchev–Trinajstić information content (AvgIpc) is 3.00. The van der Waals surface area contributed by atoms with E-state index in [1.165, 1.54) is 25.7 Å². The second kappa shape index (κ2) is 6.74. The van der Waals surface area contributed by atoms with Gasteiger partial charge in [-0.05, 0) is 39.0 Å². The third-order valence-electron chi connectivity index (χ3n) is 4.53. The van der Waals surface area contributed by atoms with E-state index in [-0.39, 0.29) is 5.25 Å². The monoisotopic (exact) mass is 348 g/mol. The molecule has 24 heavy (non-hydrogen) atoms. The number of hydrogen-bond acceptors (Lipinski definition) is 7. The summed E-state index contributed by atoms with van der Waals surface area (Å²) in [4.78, 5) is 6.87. The van der Waals surface area contributed by atoms with E-state index in [2.05, 4.69) is 43.7 Å². The summed E-state index contributed by atoms with van der Waals surface area (Å²) in [7, 11) is 0. The highest BCUT2D eigenvalue weighted by atomic mass is 32.2. The van der Waals surface area contributed by atoms with Gasteiger partial charge in [-0.2, -0.15) is 4.98 Å². The Bertz CT molecular complexity index is 689. The second-order valence-corrected chi connectivity index (χ2v) is 7.94. The van der Waals surface area contributed by atoms with Crippen molar-refractivity contribution in [3.63, 3.8) is 0 Å². The molecule has 2 aromatic heterocycles. The van der Waals surface area contributed by atoms with Crippen LogP contribution >= 0.6 is 11.8 Å². The summed E-state index contributed by atoms with van der Waals surface area (Å²) in [5.41, 5.74) is 0. The third-order valence-corrected chi connectivity index (χ3v) is 5.58. The summed E-state index contributed by atoms with van der Waals surface area (Å²) in [5, 5.41) is 14.1. The molecule has 0 spiro atoms. The predicted octanol–water partition coefficient (Wildman–Crippen LogP) is 3.40. The van der Waals surface area contributed by atoms with Crippen LogP contribution in [0.25, 0.3) is 0 Å². The fourth-order valence-electron chi connectivity index (χ4n) is 3.10. The van der Waals surface area contributed by atoms with Gasteiger partial charge in [-0.3, -0.25) is 4.57 Å².